The summed E-state index contributed by atoms with van der Waals surface area (Å²) in [5.74, 6) is -0.0442. The monoisotopic (exact) mass is 423 g/mol. The standard InChI is InChI=1S/C22H25N5O2S/c1-12-18-13(2)24-14(3)25-22(18)30-19(12)21(29)26-16-11-15(20(23)28)7-8-17(16)27-9-5-4-6-10-27/h7-8,11H,4-6,9-10H2,1-3H3,(H2,23,28)(H,26,29). The number of aryl methyl sites for hydroxylation is 3. The van der Waals surface area contributed by atoms with E-state index in [2.05, 4.69) is 20.2 Å². The molecule has 156 valence electrons. The molecule has 0 aliphatic carbocycles. The summed E-state index contributed by atoms with van der Waals surface area (Å²) < 4.78 is 0. The molecule has 8 heteroatoms. The zero-order chi connectivity index (χ0) is 21.4. The summed E-state index contributed by atoms with van der Waals surface area (Å²) in [4.78, 5) is 37.5. The molecule has 0 saturated carbocycles. The third-order valence-corrected chi connectivity index (χ3v) is 6.70. The first kappa shape index (κ1) is 20.3. The van der Waals surface area contributed by atoms with Crippen molar-refractivity contribution in [1.82, 2.24) is 9.97 Å². The Bertz CT molecular complexity index is 1150. The Hall–Kier alpha value is -3.00. The van der Waals surface area contributed by atoms with Crippen molar-refractivity contribution in [2.75, 3.05) is 23.3 Å². The summed E-state index contributed by atoms with van der Waals surface area (Å²) in [6.45, 7) is 7.55. The summed E-state index contributed by atoms with van der Waals surface area (Å²) in [6.07, 6.45) is 3.42. The molecule has 0 spiro atoms. The third kappa shape index (κ3) is 3.75. The molecule has 30 heavy (non-hydrogen) atoms. The quantitative estimate of drug-likeness (QED) is 0.661. The molecule has 1 aliphatic rings. The third-order valence-electron chi connectivity index (χ3n) is 5.52. The fourth-order valence-corrected chi connectivity index (χ4v) is 5.24. The first-order valence-electron chi connectivity index (χ1n) is 10.1. The zero-order valence-corrected chi connectivity index (χ0v) is 18.2. The van der Waals surface area contributed by atoms with Crippen LogP contribution in [0.2, 0.25) is 0 Å². The molecule has 2 aromatic heterocycles. The largest absolute Gasteiger partial charge is 0.370 e. The fraction of sp³-hybridized carbons (Fsp3) is 0.364. The van der Waals surface area contributed by atoms with Crippen LogP contribution in [0.25, 0.3) is 10.2 Å². The van der Waals surface area contributed by atoms with Crippen LogP contribution in [0.15, 0.2) is 18.2 Å². The van der Waals surface area contributed by atoms with Gasteiger partial charge in [-0.3, -0.25) is 9.59 Å². The van der Waals surface area contributed by atoms with Gasteiger partial charge in [0.15, 0.2) is 0 Å². The second kappa shape index (κ2) is 8.02. The number of carbonyl (C=O) groups is 2. The van der Waals surface area contributed by atoms with Gasteiger partial charge in [-0.1, -0.05) is 0 Å². The summed E-state index contributed by atoms with van der Waals surface area (Å²) in [6, 6.07) is 5.26. The summed E-state index contributed by atoms with van der Waals surface area (Å²) in [5, 5.41) is 3.96. The highest BCUT2D eigenvalue weighted by Gasteiger charge is 2.22. The van der Waals surface area contributed by atoms with Crippen LogP contribution in [0.1, 0.15) is 56.4 Å². The van der Waals surface area contributed by atoms with E-state index < -0.39 is 5.91 Å². The molecule has 3 heterocycles. The highest BCUT2D eigenvalue weighted by molar-refractivity contribution is 7.20. The van der Waals surface area contributed by atoms with Crippen molar-refractivity contribution in [2.45, 2.75) is 40.0 Å². The van der Waals surface area contributed by atoms with Gasteiger partial charge >= 0.3 is 0 Å². The first-order valence-corrected chi connectivity index (χ1v) is 10.9. The minimum absolute atomic E-state index is 0.215. The lowest BCUT2D eigenvalue weighted by molar-refractivity contribution is 0.0996. The SMILES string of the molecule is Cc1nc(C)c2c(C)c(C(=O)Nc3cc(C(N)=O)ccc3N3CCCCC3)sc2n1. The average Bonchev–Trinajstić information content (AvgIpc) is 3.05. The molecule has 1 aliphatic heterocycles. The lowest BCUT2D eigenvalue weighted by Crippen LogP contribution is -2.30. The molecule has 2 amide bonds. The van der Waals surface area contributed by atoms with Crippen LogP contribution in [0, 0.1) is 20.8 Å². The van der Waals surface area contributed by atoms with Gasteiger partial charge in [0.2, 0.25) is 5.91 Å². The normalized spacial score (nSPS) is 14.2. The van der Waals surface area contributed by atoms with Crippen LogP contribution in [0.3, 0.4) is 0 Å². The van der Waals surface area contributed by atoms with E-state index in [4.69, 9.17) is 5.73 Å². The van der Waals surface area contributed by atoms with Crippen molar-refractivity contribution >= 4 is 44.7 Å². The summed E-state index contributed by atoms with van der Waals surface area (Å²) >= 11 is 1.36. The number of hydrogen-bond acceptors (Lipinski definition) is 6. The van der Waals surface area contributed by atoms with Crippen molar-refractivity contribution in [3.63, 3.8) is 0 Å². The van der Waals surface area contributed by atoms with E-state index in [1.807, 2.05) is 26.8 Å². The number of piperidine rings is 1. The topological polar surface area (TPSA) is 101 Å². The number of rotatable bonds is 4. The summed E-state index contributed by atoms with van der Waals surface area (Å²) in [5.41, 5.74) is 9.11. The van der Waals surface area contributed by atoms with E-state index in [-0.39, 0.29) is 5.91 Å². The highest BCUT2D eigenvalue weighted by atomic mass is 32.1. The number of hydrogen-bond donors (Lipinski definition) is 2. The average molecular weight is 424 g/mol. The Kier molecular flexibility index (Phi) is 5.42. The highest BCUT2D eigenvalue weighted by Crippen LogP contribution is 2.34. The number of nitrogens with zero attached hydrogens (tertiary/aromatic N) is 3. The fourth-order valence-electron chi connectivity index (χ4n) is 4.07. The molecular formula is C22H25N5O2S. The molecule has 1 aromatic carbocycles. The van der Waals surface area contributed by atoms with Crippen LogP contribution in [-0.4, -0.2) is 34.9 Å². The zero-order valence-electron chi connectivity index (χ0n) is 17.4. The number of benzene rings is 1. The van der Waals surface area contributed by atoms with Crippen molar-refractivity contribution in [3.05, 3.63) is 45.7 Å². The Balaban J connectivity index is 1.72. The van der Waals surface area contributed by atoms with E-state index in [1.54, 1.807) is 12.1 Å². The molecule has 1 saturated heterocycles. The molecule has 0 unspecified atom stereocenters. The van der Waals surface area contributed by atoms with Crippen LogP contribution in [0.4, 0.5) is 11.4 Å². The lowest BCUT2D eigenvalue weighted by atomic mass is 10.1. The summed E-state index contributed by atoms with van der Waals surface area (Å²) in [7, 11) is 0. The number of anilines is 2. The van der Waals surface area contributed by atoms with Crippen LogP contribution in [-0.2, 0) is 0 Å². The van der Waals surface area contributed by atoms with Gasteiger partial charge in [0.1, 0.15) is 10.7 Å². The second-order valence-corrected chi connectivity index (χ2v) is 8.69. The minimum atomic E-state index is -0.518. The number of primary amides is 1. The number of carbonyl (C=O) groups excluding carboxylic acids is 2. The Morgan fingerprint density at radius 2 is 1.83 bits per heavy atom. The van der Waals surface area contributed by atoms with Gasteiger partial charge < -0.3 is 16.0 Å². The molecule has 7 nitrogen and oxygen atoms in total. The number of nitrogens with one attached hydrogen (secondary N) is 1. The van der Waals surface area contributed by atoms with E-state index >= 15 is 0 Å². The van der Waals surface area contributed by atoms with Crippen molar-refractivity contribution < 1.29 is 9.59 Å². The predicted octanol–water partition coefficient (Wildman–Crippen LogP) is 3.96. The number of aromatic nitrogens is 2. The molecule has 1 fully saturated rings. The maximum atomic E-state index is 13.2. The van der Waals surface area contributed by atoms with Gasteiger partial charge in [0, 0.05) is 29.7 Å². The van der Waals surface area contributed by atoms with E-state index in [0.29, 0.717) is 22.0 Å². The molecule has 0 atom stereocenters. The number of amides is 2. The lowest BCUT2D eigenvalue weighted by Gasteiger charge is -2.30. The Morgan fingerprint density at radius 1 is 1.10 bits per heavy atom. The maximum Gasteiger partial charge on any atom is 0.266 e. The molecule has 4 rings (SSSR count). The van der Waals surface area contributed by atoms with E-state index in [1.165, 1.54) is 17.8 Å². The smallest absolute Gasteiger partial charge is 0.266 e. The van der Waals surface area contributed by atoms with Gasteiger partial charge in [-0.25, -0.2) is 9.97 Å². The Morgan fingerprint density at radius 3 is 2.53 bits per heavy atom. The molecule has 0 radical (unpaired) electrons. The second-order valence-electron chi connectivity index (χ2n) is 7.69. The van der Waals surface area contributed by atoms with Crippen LogP contribution < -0.4 is 16.0 Å². The van der Waals surface area contributed by atoms with Crippen molar-refractivity contribution in [2.24, 2.45) is 5.73 Å². The van der Waals surface area contributed by atoms with Crippen LogP contribution in [0.5, 0.6) is 0 Å². The van der Waals surface area contributed by atoms with Crippen molar-refractivity contribution in [1.29, 1.82) is 0 Å². The van der Waals surface area contributed by atoms with E-state index in [9.17, 15) is 9.59 Å². The van der Waals surface area contributed by atoms with Crippen molar-refractivity contribution in [3.8, 4) is 0 Å². The maximum absolute atomic E-state index is 13.2. The van der Waals surface area contributed by atoms with Gasteiger partial charge in [-0.05, 0) is 63.8 Å². The number of fused-ring (bicyclic) bond motifs is 1. The van der Waals surface area contributed by atoms with E-state index in [0.717, 1.165) is 53.1 Å². The molecule has 3 aromatic rings. The number of thiophene rings is 1. The van der Waals surface area contributed by atoms with Crippen LogP contribution >= 0.6 is 11.3 Å². The van der Waals surface area contributed by atoms with Gasteiger partial charge in [-0.2, -0.15) is 0 Å². The Labute approximate surface area is 179 Å². The van der Waals surface area contributed by atoms with Gasteiger partial charge in [-0.15, -0.1) is 11.3 Å². The first-order chi connectivity index (χ1) is 14.3. The molecular weight excluding hydrogens is 398 g/mol. The predicted molar refractivity (Wildman–Crippen MR) is 121 cm³/mol. The molecule has 0 bridgehead atoms. The molecule has 3 N–H and O–H groups in total. The minimum Gasteiger partial charge on any atom is -0.370 e. The van der Waals surface area contributed by atoms with Gasteiger partial charge in [0.25, 0.3) is 5.91 Å². The number of nitrogens with two attached hydrogens (primary N) is 1. The van der Waals surface area contributed by atoms with Gasteiger partial charge in [0.05, 0.1) is 16.3 Å².